The standard InChI is InChI=1S/C12H12N4O/c1-7-4-11(17)15-16-12(7)8-2-3-9-10(5-8)14-6-13-9/h2-3,5-7H,4H2,1H3,(H,13,14)(H,15,17). The SMILES string of the molecule is CC1CC(=O)NN=C1c1ccc2nc[nH]c2c1. The van der Waals surface area contributed by atoms with Crippen molar-refractivity contribution in [1.82, 2.24) is 15.4 Å². The lowest BCUT2D eigenvalue weighted by atomic mass is 9.94. The molecular formula is C12H12N4O. The zero-order valence-corrected chi connectivity index (χ0v) is 9.40. The minimum atomic E-state index is -0.0242. The van der Waals surface area contributed by atoms with E-state index in [2.05, 4.69) is 20.5 Å². The predicted octanol–water partition coefficient (Wildman–Crippen LogP) is 1.42. The van der Waals surface area contributed by atoms with Crippen LogP contribution in [0.25, 0.3) is 11.0 Å². The minimum absolute atomic E-state index is 0.0242. The minimum Gasteiger partial charge on any atom is -0.345 e. The molecule has 5 heteroatoms. The van der Waals surface area contributed by atoms with E-state index in [9.17, 15) is 4.79 Å². The van der Waals surface area contributed by atoms with Crippen LogP contribution in [0.4, 0.5) is 0 Å². The third-order valence-corrected chi connectivity index (χ3v) is 2.98. The number of hydrazone groups is 1. The number of benzene rings is 1. The molecule has 1 aliphatic heterocycles. The summed E-state index contributed by atoms with van der Waals surface area (Å²) in [6.45, 7) is 2.01. The molecular weight excluding hydrogens is 216 g/mol. The first-order chi connectivity index (χ1) is 8.24. The van der Waals surface area contributed by atoms with Crippen LogP contribution in [0.5, 0.6) is 0 Å². The van der Waals surface area contributed by atoms with Crippen molar-refractivity contribution in [3.8, 4) is 0 Å². The van der Waals surface area contributed by atoms with Gasteiger partial charge in [0, 0.05) is 17.9 Å². The number of rotatable bonds is 1. The average molecular weight is 228 g/mol. The summed E-state index contributed by atoms with van der Waals surface area (Å²) in [4.78, 5) is 18.4. The molecule has 2 N–H and O–H groups in total. The summed E-state index contributed by atoms with van der Waals surface area (Å²) >= 11 is 0. The van der Waals surface area contributed by atoms with Crippen LogP contribution in [0.2, 0.25) is 0 Å². The topological polar surface area (TPSA) is 70.1 Å². The second-order valence-electron chi connectivity index (χ2n) is 4.27. The lowest BCUT2D eigenvalue weighted by Crippen LogP contribution is -2.31. The number of carbonyl (C=O) groups is 1. The van der Waals surface area contributed by atoms with Gasteiger partial charge in [0.05, 0.1) is 23.1 Å². The predicted molar refractivity (Wildman–Crippen MR) is 64.6 cm³/mol. The monoisotopic (exact) mass is 228 g/mol. The highest BCUT2D eigenvalue weighted by atomic mass is 16.2. The fourth-order valence-corrected chi connectivity index (χ4v) is 2.10. The quantitative estimate of drug-likeness (QED) is 0.775. The molecule has 1 amide bonds. The van der Waals surface area contributed by atoms with E-state index in [-0.39, 0.29) is 11.8 Å². The maximum atomic E-state index is 11.2. The van der Waals surface area contributed by atoms with Crippen molar-refractivity contribution in [2.45, 2.75) is 13.3 Å². The Labute approximate surface area is 97.9 Å². The lowest BCUT2D eigenvalue weighted by Gasteiger charge is -2.18. The molecule has 1 aromatic carbocycles. The molecule has 0 spiro atoms. The van der Waals surface area contributed by atoms with E-state index in [4.69, 9.17) is 0 Å². The van der Waals surface area contributed by atoms with Crippen LogP contribution in [0.3, 0.4) is 0 Å². The molecule has 1 aliphatic rings. The van der Waals surface area contributed by atoms with Crippen LogP contribution >= 0.6 is 0 Å². The molecule has 1 unspecified atom stereocenters. The summed E-state index contributed by atoms with van der Waals surface area (Å²) < 4.78 is 0. The second kappa shape index (κ2) is 3.69. The first-order valence-electron chi connectivity index (χ1n) is 5.54. The van der Waals surface area contributed by atoms with Gasteiger partial charge in [-0.05, 0) is 12.1 Å². The third kappa shape index (κ3) is 1.69. The van der Waals surface area contributed by atoms with Crippen molar-refractivity contribution in [3.05, 3.63) is 30.1 Å². The number of nitrogens with one attached hydrogen (secondary N) is 2. The molecule has 0 aliphatic carbocycles. The Hall–Kier alpha value is -2.17. The Balaban J connectivity index is 2.05. The van der Waals surface area contributed by atoms with Crippen LogP contribution in [0, 0.1) is 5.92 Å². The van der Waals surface area contributed by atoms with Gasteiger partial charge < -0.3 is 4.98 Å². The number of hydrogen-bond donors (Lipinski definition) is 2. The lowest BCUT2D eigenvalue weighted by molar-refractivity contribution is -0.121. The van der Waals surface area contributed by atoms with Gasteiger partial charge >= 0.3 is 0 Å². The molecule has 0 radical (unpaired) electrons. The summed E-state index contributed by atoms with van der Waals surface area (Å²) in [5.74, 6) is 0.119. The van der Waals surface area contributed by atoms with Gasteiger partial charge in [0.2, 0.25) is 5.91 Å². The third-order valence-electron chi connectivity index (χ3n) is 2.98. The van der Waals surface area contributed by atoms with E-state index < -0.39 is 0 Å². The number of aromatic amines is 1. The summed E-state index contributed by atoms with van der Waals surface area (Å²) in [5.41, 5.74) is 6.38. The fraction of sp³-hybridized carbons (Fsp3) is 0.250. The molecule has 0 bridgehead atoms. The number of imidazole rings is 1. The summed E-state index contributed by atoms with van der Waals surface area (Å²) in [6.07, 6.45) is 2.15. The Bertz CT molecular complexity index is 614. The summed E-state index contributed by atoms with van der Waals surface area (Å²) in [5, 5.41) is 4.14. The molecule has 2 heterocycles. The number of aromatic nitrogens is 2. The van der Waals surface area contributed by atoms with E-state index in [0.717, 1.165) is 22.3 Å². The van der Waals surface area contributed by atoms with Crippen molar-refractivity contribution in [1.29, 1.82) is 0 Å². The van der Waals surface area contributed by atoms with Crippen molar-refractivity contribution in [3.63, 3.8) is 0 Å². The molecule has 1 atom stereocenters. The fourth-order valence-electron chi connectivity index (χ4n) is 2.10. The normalized spacial score (nSPS) is 20.2. The highest BCUT2D eigenvalue weighted by Gasteiger charge is 2.21. The van der Waals surface area contributed by atoms with Gasteiger partial charge in [0.25, 0.3) is 0 Å². The smallest absolute Gasteiger partial charge is 0.240 e. The van der Waals surface area contributed by atoms with Crippen LogP contribution in [0.1, 0.15) is 18.9 Å². The van der Waals surface area contributed by atoms with Gasteiger partial charge in [-0.1, -0.05) is 13.0 Å². The van der Waals surface area contributed by atoms with Crippen LogP contribution < -0.4 is 5.43 Å². The first kappa shape index (κ1) is 10.0. The highest BCUT2D eigenvalue weighted by Crippen LogP contribution is 2.19. The molecule has 0 saturated heterocycles. The number of H-pyrrole nitrogens is 1. The molecule has 0 fully saturated rings. The van der Waals surface area contributed by atoms with E-state index in [0.29, 0.717) is 6.42 Å². The van der Waals surface area contributed by atoms with E-state index in [1.54, 1.807) is 6.33 Å². The zero-order chi connectivity index (χ0) is 11.8. The summed E-state index contributed by atoms with van der Waals surface area (Å²) in [6, 6.07) is 5.94. The van der Waals surface area contributed by atoms with Gasteiger partial charge in [-0.2, -0.15) is 5.10 Å². The number of amides is 1. The van der Waals surface area contributed by atoms with Gasteiger partial charge in [-0.15, -0.1) is 0 Å². The molecule has 2 aromatic rings. The molecule has 0 saturated carbocycles. The molecule has 86 valence electrons. The average Bonchev–Trinajstić information content (AvgIpc) is 2.75. The van der Waals surface area contributed by atoms with Crippen molar-refractivity contribution < 1.29 is 4.79 Å². The number of hydrogen-bond acceptors (Lipinski definition) is 3. The van der Waals surface area contributed by atoms with Gasteiger partial charge in [-0.3, -0.25) is 4.79 Å². The second-order valence-corrected chi connectivity index (χ2v) is 4.27. The van der Waals surface area contributed by atoms with E-state index >= 15 is 0 Å². The van der Waals surface area contributed by atoms with Gasteiger partial charge in [0.15, 0.2) is 0 Å². The number of fused-ring (bicyclic) bond motifs is 1. The summed E-state index contributed by atoms with van der Waals surface area (Å²) in [7, 11) is 0. The van der Waals surface area contributed by atoms with Crippen LogP contribution in [-0.2, 0) is 4.79 Å². The number of nitrogens with zero attached hydrogens (tertiary/aromatic N) is 2. The van der Waals surface area contributed by atoms with E-state index in [1.807, 2.05) is 25.1 Å². The number of carbonyl (C=O) groups excluding carboxylic acids is 1. The molecule has 5 nitrogen and oxygen atoms in total. The van der Waals surface area contributed by atoms with Crippen molar-refractivity contribution >= 4 is 22.7 Å². The first-order valence-corrected chi connectivity index (χ1v) is 5.54. The van der Waals surface area contributed by atoms with Gasteiger partial charge in [0.1, 0.15) is 0 Å². The molecule has 1 aromatic heterocycles. The van der Waals surface area contributed by atoms with Gasteiger partial charge in [-0.25, -0.2) is 10.4 Å². The van der Waals surface area contributed by atoms with E-state index in [1.165, 1.54) is 0 Å². The van der Waals surface area contributed by atoms with Crippen molar-refractivity contribution in [2.75, 3.05) is 0 Å². The van der Waals surface area contributed by atoms with Crippen LogP contribution in [-0.4, -0.2) is 21.6 Å². The Morgan fingerprint density at radius 1 is 1.41 bits per heavy atom. The largest absolute Gasteiger partial charge is 0.345 e. The molecule has 3 rings (SSSR count). The maximum absolute atomic E-state index is 11.2. The van der Waals surface area contributed by atoms with Crippen LogP contribution in [0.15, 0.2) is 29.6 Å². The Morgan fingerprint density at radius 3 is 3.12 bits per heavy atom. The van der Waals surface area contributed by atoms with Crippen molar-refractivity contribution in [2.24, 2.45) is 11.0 Å². The molecule has 17 heavy (non-hydrogen) atoms. The maximum Gasteiger partial charge on any atom is 0.240 e. The Morgan fingerprint density at radius 2 is 2.29 bits per heavy atom. The Kier molecular flexibility index (Phi) is 2.18. The highest BCUT2D eigenvalue weighted by molar-refractivity contribution is 6.07. The zero-order valence-electron chi connectivity index (χ0n) is 9.40.